The minimum absolute atomic E-state index is 0.101. The zero-order valence-corrected chi connectivity index (χ0v) is 13.9. The van der Waals surface area contributed by atoms with Crippen LogP contribution < -0.4 is 14.4 Å². The Morgan fingerprint density at radius 1 is 1.00 bits per heavy atom. The summed E-state index contributed by atoms with van der Waals surface area (Å²) in [4.78, 5) is 13.9. The fourth-order valence-electron chi connectivity index (χ4n) is 2.10. The highest BCUT2D eigenvalue weighted by atomic mass is 16.5. The monoisotopic (exact) mass is 311 g/mol. The van der Waals surface area contributed by atoms with E-state index in [4.69, 9.17) is 9.47 Å². The predicted molar refractivity (Wildman–Crippen MR) is 93.2 cm³/mol. The molecule has 0 spiro atoms. The second-order valence-corrected chi connectivity index (χ2v) is 5.21. The zero-order valence-electron chi connectivity index (χ0n) is 13.9. The van der Waals surface area contributed by atoms with Crippen molar-refractivity contribution in [3.05, 3.63) is 59.7 Å². The maximum Gasteiger partial charge on any atom is 0.250 e. The van der Waals surface area contributed by atoms with Gasteiger partial charge in [-0.1, -0.05) is 17.7 Å². The Morgan fingerprint density at radius 3 is 2.09 bits per heavy atom. The van der Waals surface area contributed by atoms with Crippen LogP contribution in [-0.2, 0) is 4.79 Å². The third-order valence-corrected chi connectivity index (χ3v) is 3.54. The lowest BCUT2D eigenvalue weighted by molar-refractivity contribution is -0.113. The summed E-state index contributed by atoms with van der Waals surface area (Å²) in [6, 6.07) is 13.3. The largest absolute Gasteiger partial charge is 0.497 e. The summed E-state index contributed by atoms with van der Waals surface area (Å²) in [5, 5.41) is 0. The Bertz CT molecular complexity index is 683. The molecule has 120 valence electrons. The van der Waals surface area contributed by atoms with Crippen LogP contribution in [0.4, 0.5) is 5.69 Å². The van der Waals surface area contributed by atoms with Gasteiger partial charge in [-0.3, -0.25) is 4.79 Å². The second kappa shape index (κ2) is 7.49. The molecule has 2 rings (SSSR count). The van der Waals surface area contributed by atoms with Crippen molar-refractivity contribution in [3.63, 3.8) is 0 Å². The van der Waals surface area contributed by atoms with Crippen LogP contribution in [0.15, 0.2) is 48.5 Å². The smallest absolute Gasteiger partial charge is 0.250 e. The number of aryl methyl sites for hydroxylation is 1. The van der Waals surface area contributed by atoms with Crippen molar-refractivity contribution in [1.82, 2.24) is 0 Å². The molecular formula is C19H21NO3. The first-order valence-corrected chi connectivity index (χ1v) is 7.29. The minimum atomic E-state index is -0.101. The molecule has 0 radical (unpaired) electrons. The number of hydrogen-bond acceptors (Lipinski definition) is 3. The van der Waals surface area contributed by atoms with Gasteiger partial charge in [0.25, 0.3) is 5.91 Å². The van der Waals surface area contributed by atoms with E-state index in [2.05, 4.69) is 0 Å². The van der Waals surface area contributed by atoms with Crippen molar-refractivity contribution in [2.75, 3.05) is 26.2 Å². The maximum atomic E-state index is 12.3. The molecule has 0 bridgehead atoms. The van der Waals surface area contributed by atoms with E-state index in [9.17, 15) is 4.79 Å². The van der Waals surface area contributed by atoms with Crippen LogP contribution >= 0.6 is 0 Å². The van der Waals surface area contributed by atoms with Gasteiger partial charge >= 0.3 is 0 Å². The van der Waals surface area contributed by atoms with Gasteiger partial charge in [0, 0.05) is 24.9 Å². The summed E-state index contributed by atoms with van der Waals surface area (Å²) in [6.07, 6.45) is 3.28. The molecule has 0 aromatic heterocycles. The number of benzene rings is 2. The van der Waals surface area contributed by atoms with Crippen LogP contribution in [0.1, 0.15) is 11.1 Å². The lowest BCUT2D eigenvalue weighted by Crippen LogP contribution is -2.23. The maximum absolute atomic E-state index is 12.3. The molecule has 0 atom stereocenters. The SMILES string of the molecule is COc1cc(C=CC(=O)N(C)c2ccc(C)cc2)cc(OC)c1. The highest BCUT2D eigenvalue weighted by Gasteiger charge is 2.07. The highest BCUT2D eigenvalue weighted by molar-refractivity contribution is 6.03. The average molecular weight is 311 g/mol. The van der Waals surface area contributed by atoms with Crippen molar-refractivity contribution < 1.29 is 14.3 Å². The summed E-state index contributed by atoms with van der Waals surface area (Å²) in [5.74, 6) is 1.27. The average Bonchev–Trinajstić information content (AvgIpc) is 2.59. The van der Waals surface area contributed by atoms with Crippen LogP contribution in [-0.4, -0.2) is 27.2 Å². The molecular weight excluding hydrogens is 290 g/mol. The quantitative estimate of drug-likeness (QED) is 0.791. The molecule has 0 unspecified atom stereocenters. The number of rotatable bonds is 5. The van der Waals surface area contributed by atoms with E-state index in [1.165, 1.54) is 6.08 Å². The summed E-state index contributed by atoms with van der Waals surface area (Å²) < 4.78 is 10.4. The van der Waals surface area contributed by atoms with E-state index in [0.29, 0.717) is 11.5 Å². The fourth-order valence-corrected chi connectivity index (χ4v) is 2.10. The molecule has 0 aliphatic carbocycles. The van der Waals surface area contributed by atoms with Gasteiger partial charge in [-0.15, -0.1) is 0 Å². The molecule has 0 fully saturated rings. The number of anilines is 1. The molecule has 4 heteroatoms. The second-order valence-electron chi connectivity index (χ2n) is 5.21. The standard InChI is InChI=1S/C19H21NO3/c1-14-5-8-16(9-6-14)20(2)19(21)10-7-15-11-17(22-3)13-18(12-15)23-4/h5-13H,1-4H3. The minimum Gasteiger partial charge on any atom is -0.497 e. The van der Waals surface area contributed by atoms with E-state index < -0.39 is 0 Å². The summed E-state index contributed by atoms with van der Waals surface area (Å²) >= 11 is 0. The van der Waals surface area contributed by atoms with E-state index in [1.54, 1.807) is 38.3 Å². The molecule has 0 heterocycles. The zero-order chi connectivity index (χ0) is 16.8. The molecule has 1 amide bonds. The lowest BCUT2D eigenvalue weighted by atomic mass is 10.1. The van der Waals surface area contributed by atoms with Crippen molar-refractivity contribution in [3.8, 4) is 11.5 Å². The van der Waals surface area contributed by atoms with Gasteiger partial charge in [0.05, 0.1) is 14.2 Å². The first kappa shape index (κ1) is 16.6. The number of likely N-dealkylation sites (N-methyl/N-ethyl adjacent to an activating group) is 1. The molecule has 0 saturated heterocycles. The first-order chi connectivity index (χ1) is 11.0. The molecule has 0 aliphatic heterocycles. The van der Waals surface area contributed by atoms with Crippen LogP contribution in [0.2, 0.25) is 0 Å². The van der Waals surface area contributed by atoms with Crippen LogP contribution in [0.25, 0.3) is 6.08 Å². The third-order valence-electron chi connectivity index (χ3n) is 3.54. The molecule has 2 aromatic carbocycles. The van der Waals surface area contributed by atoms with Crippen molar-refractivity contribution in [2.24, 2.45) is 0 Å². The van der Waals surface area contributed by atoms with Gasteiger partial charge in [0.2, 0.25) is 0 Å². The van der Waals surface area contributed by atoms with E-state index >= 15 is 0 Å². The molecule has 4 nitrogen and oxygen atoms in total. The van der Waals surface area contributed by atoms with E-state index in [1.807, 2.05) is 43.3 Å². The Hall–Kier alpha value is -2.75. The third kappa shape index (κ3) is 4.36. The predicted octanol–water partition coefficient (Wildman–Crippen LogP) is 3.69. The molecule has 0 aliphatic rings. The first-order valence-electron chi connectivity index (χ1n) is 7.29. The van der Waals surface area contributed by atoms with Crippen LogP contribution in [0, 0.1) is 6.92 Å². The van der Waals surface area contributed by atoms with Crippen molar-refractivity contribution >= 4 is 17.7 Å². The van der Waals surface area contributed by atoms with Gasteiger partial charge in [-0.2, -0.15) is 0 Å². The number of hydrogen-bond donors (Lipinski definition) is 0. The topological polar surface area (TPSA) is 38.8 Å². The fraction of sp³-hybridized carbons (Fsp3) is 0.211. The molecule has 2 aromatic rings. The summed E-state index contributed by atoms with van der Waals surface area (Å²) in [5.41, 5.74) is 2.86. The van der Waals surface area contributed by atoms with Gasteiger partial charge in [0.15, 0.2) is 0 Å². The van der Waals surface area contributed by atoms with E-state index in [0.717, 1.165) is 16.8 Å². The lowest BCUT2D eigenvalue weighted by Gasteiger charge is -2.15. The van der Waals surface area contributed by atoms with Crippen LogP contribution in [0.3, 0.4) is 0 Å². The summed E-state index contributed by atoms with van der Waals surface area (Å²) in [7, 11) is 4.95. The number of carbonyl (C=O) groups excluding carboxylic acids is 1. The van der Waals surface area contributed by atoms with Crippen molar-refractivity contribution in [1.29, 1.82) is 0 Å². The van der Waals surface area contributed by atoms with Gasteiger partial charge < -0.3 is 14.4 Å². The molecule has 0 saturated carbocycles. The van der Waals surface area contributed by atoms with Crippen LogP contribution in [0.5, 0.6) is 11.5 Å². The Morgan fingerprint density at radius 2 is 1.57 bits per heavy atom. The number of amides is 1. The number of ether oxygens (including phenoxy) is 2. The number of methoxy groups -OCH3 is 2. The Kier molecular flexibility index (Phi) is 5.41. The Labute approximate surface area is 137 Å². The molecule has 0 N–H and O–H groups in total. The van der Waals surface area contributed by atoms with Gasteiger partial charge in [0.1, 0.15) is 11.5 Å². The number of nitrogens with zero attached hydrogens (tertiary/aromatic N) is 1. The molecule has 23 heavy (non-hydrogen) atoms. The van der Waals surface area contributed by atoms with Crippen molar-refractivity contribution in [2.45, 2.75) is 6.92 Å². The Balaban J connectivity index is 2.15. The number of carbonyl (C=O) groups is 1. The van der Waals surface area contributed by atoms with Gasteiger partial charge in [-0.05, 0) is 42.8 Å². The van der Waals surface area contributed by atoms with Gasteiger partial charge in [-0.25, -0.2) is 0 Å². The van der Waals surface area contributed by atoms with E-state index in [-0.39, 0.29) is 5.91 Å². The summed E-state index contributed by atoms with van der Waals surface area (Å²) in [6.45, 7) is 2.02. The highest BCUT2D eigenvalue weighted by Crippen LogP contribution is 2.23. The normalized spacial score (nSPS) is 10.6.